The van der Waals surface area contributed by atoms with E-state index in [1.807, 2.05) is 11.1 Å². The number of aryl methyl sites for hydroxylation is 1. The maximum atomic E-state index is 13.1. The molecule has 178 valence electrons. The minimum atomic E-state index is -1.02. The monoisotopic (exact) mass is 462 g/mol. The number of carbonyl (C=O) groups is 3. The van der Waals surface area contributed by atoms with E-state index in [0.29, 0.717) is 30.4 Å². The van der Waals surface area contributed by atoms with E-state index in [9.17, 15) is 14.4 Å². The Morgan fingerprint density at radius 3 is 2.26 bits per heavy atom. The number of piperazine rings is 1. The van der Waals surface area contributed by atoms with Crippen molar-refractivity contribution >= 4 is 29.5 Å². The molecule has 0 spiro atoms. The molecule has 4 amide bonds. The molecule has 3 fully saturated rings. The van der Waals surface area contributed by atoms with Crippen molar-refractivity contribution in [2.45, 2.75) is 45.1 Å². The number of imide groups is 1. The molecular formula is C25H30N6O3. The Labute approximate surface area is 199 Å². The molecule has 5 rings (SSSR count). The molecule has 0 bridgehead atoms. The number of hydrogen-bond acceptors (Lipinski definition) is 6. The van der Waals surface area contributed by atoms with E-state index < -0.39 is 11.6 Å². The highest BCUT2D eigenvalue weighted by Crippen LogP contribution is 2.40. The Bertz CT molecular complexity index is 1150. The van der Waals surface area contributed by atoms with Gasteiger partial charge in [0.15, 0.2) is 0 Å². The van der Waals surface area contributed by atoms with Crippen molar-refractivity contribution in [1.82, 2.24) is 19.8 Å². The normalized spacial score (nSPS) is 20.4. The van der Waals surface area contributed by atoms with E-state index >= 15 is 0 Å². The Balaban J connectivity index is 1.24. The van der Waals surface area contributed by atoms with Crippen LogP contribution >= 0.6 is 0 Å². The highest BCUT2D eigenvalue weighted by Gasteiger charge is 2.51. The molecule has 2 aromatic heterocycles. The SMILES string of the molecule is Cc1cc(C2CC2)cnc1N1CCN(C(=O)c2ccc(N3C(=O)N(C)C(=O)C3(C)C)nc2)CC1. The third-order valence-corrected chi connectivity index (χ3v) is 7.08. The highest BCUT2D eigenvalue weighted by atomic mass is 16.2. The summed E-state index contributed by atoms with van der Waals surface area (Å²) in [4.78, 5) is 53.6. The van der Waals surface area contributed by atoms with Crippen molar-refractivity contribution in [2.75, 3.05) is 43.0 Å². The summed E-state index contributed by atoms with van der Waals surface area (Å²) >= 11 is 0. The molecule has 2 aromatic rings. The molecule has 9 heteroatoms. The van der Waals surface area contributed by atoms with Crippen LogP contribution < -0.4 is 9.80 Å². The van der Waals surface area contributed by atoms with Gasteiger partial charge < -0.3 is 9.80 Å². The van der Waals surface area contributed by atoms with Gasteiger partial charge in [-0.1, -0.05) is 6.07 Å². The average molecular weight is 463 g/mol. The summed E-state index contributed by atoms with van der Waals surface area (Å²) in [6.07, 6.45) is 6.01. The van der Waals surface area contributed by atoms with Gasteiger partial charge in [-0.2, -0.15) is 0 Å². The summed E-state index contributed by atoms with van der Waals surface area (Å²) in [6.45, 7) is 8.13. The zero-order chi connectivity index (χ0) is 24.2. The van der Waals surface area contributed by atoms with Crippen LogP contribution in [0.5, 0.6) is 0 Å². The third-order valence-electron chi connectivity index (χ3n) is 7.08. The lowest BCUT2D eigenvalue weighted by molar-refractivity contribution is -0.128. The number of aromatic nitrogens is 2. The van der Waals surface area contributed by atoms with Gasteiger partial charge in [-0.3, -0.25) is 19.4 Å². The molecule has 9 nitrogen and oxygen atoms in total. The van der Waals surface area contributed by atoms with Crippen LogP contribution in [0.2, 0.25) is 0 Å². The van der Waals surface area contributed by atoms with Crippen LogP contribution in [0.1, 0.15) is 54.1 Å². The van der Waals surface area contributed by atoms with Crippen LogP contribution in [0.4, 0.5) is 16.4 Å². The van der Waals surface area contributed by atoms with Gasteiger partial charge in [0.25, 0.3) is 11.8 Å². The van der Waals surface area contributed by atoms with Crippen LogP contribution in [-0.2, 0) is 4.79 Å². The maximum Gasteiger partial charge on any atom is 0.333 e. The number of amides is 4. The second-order valence-electron chi connectivity index (χ2n) is 9.91. The fourth-order valence-electron chi connectivity index (χ4n) is 4.88. The fraction of sp³-hybridized carbons (Fsp3) is 0.480. The Morgan fingerprint density at radius 2 is 1.74 bits per heavy atom. The number of anilines is 2. The molecule has 4 heterocycles. The standard InChI is InChI=1S/C25H30N6O3/c1-16-13-19(17-5-6-17)15-27-21(16)29-9-11-30(12-10-29)22(32)18-7-8-20(26-14-18)31-24(34)28(4)23(33)25(31,2)3/h7-8,13-15,17H,5-6,9-12H2,1-4H3. The Kier molecular flexibility index (Phi) is 5.30. The second-order valence-corrected chi connectivity index (χ2v) is 9.91. The minimum Gasteiger partial charge on any atom is -0.353 e. The molecule has 1 saturated carbocycles. The number of likely N-dealkylation sites (N-methyl/N-ethyl adjacent to an activating group) is 1. The second kappa shape index (κ2) is 8.07. The van der Waals surface area contributed by atoms with Crippen LogP contribution in [0.15, 0.2) is 30.6 Å². The van der Waals surface area contributed by atoms with Gasteiger partial charge >= 0.3 is 6.03 Å². The predicted octanol–water partition coefficient (Wildman–Crippen LogP) is 2.80. The number of nitrogens with zero attached hydrogens (tertiary/aromatic N) is 6. The van der Waals surface area contributed by atoms with Crippen LogP contribution in [0.3, 0.4) is 0 Å². The van der Waals surface area contributed by atoms with Crippen molar-refractivity contribution in [1.29, 1.82) is 0 Å². The van der Waals surface area contributed by atoms with Crippen molar-refractivity contribution < 1.29 is 14.4 Å². The van der Waals surface area contributed by atoms with Gasteiger partial charge in [0, 0.05) is 45.6 Å². The number of pyridine rings is 2. The molecule has 2 aliphatic heterocycles. The number of urea groups is 1. The van der Waals surface area contributed by atoms with E-state index in [1.165, 1.54) is 42.1 Å². The number of rotatable bonds is 4. The molecule has 2 saturated heterocycles. The molecule has 0 radical (unpaired) electrons. The first kappa shape index (κ1) is 22.3. The molecule has 0 unspecified atom stereocenters. The zero-order valence-corrected chi connectivity index (χ0v) is 20.1. The first-order valence-corrected chi connectivity index (χ1v) is 11.8. The van der Waals surface area contributed by atoms with Gasteiger partial charge in [0.1, 0.15) is 17.2 Å². The van der Waals surface area contributed by atoms with Crippen LogP contribution in [-0.4, -0.2) is 76.4 Å². The zero-order valence-electron chi connectivity index (χ0n) is 20.1. The van der Waals surface area contributed by atoms with Gasteiger partial charge in [0.2, 0.25) is 0 Å². The first-order valence-electron chi connectivity index (χ1n) is 11.8. The lowest BCUT2D eigenvalue weighted by Crippen LogP contribution is -2.49. The van der Waals surface area contributed by atoms with E-state index in [4.69, 9.17) is 4.98 Å². The lowest BCUT2D eigenvalue weighted by Gasteiger charge is -2.36. The molecule has 3 aliphatic rings. The summed E-state index contributed by atoms with van der Waals surface area (Å²) in [5, 5.41) is 0. The summed E-state index contributed by atoms with van der Waals surface area (Å²) in [5.41, 5.74) is 1.96. The van der Waals surface area contributed by atoms with E-state index in [-0.39, 0.29) is 11.8 Å². The van der Waals surface area contributed by atoms with Crippen molar-refractivity contribution in [3.8, 4) is 0 Å². The lowest BCUT2D eigenvalue weighted by atomic mass is 10.0. The van der Waals surface area contributed by atoms with E-state index in [0.717, 1.165) is 23.8 Å². The number of hydrogen-bond donors (Lipinski definition) is 0. The molecule has 0 N–H and O–H groups in total. The molecule has 0 aromatic carbocycles. The van der Waals surface area contributed by atoms with Gasteiger partial charge in [-0.25, -0.2) is 14.8 Å². The fourth-order valence-corrected chi connectivity index (χ4v) is 4.88. The predicted molar refractivity (Wildman–Crippen MR) is 128 cm³/mol. The van der Waals surface area contributed by atoms with Crippen molar-refractivity contribution in [3.05, 3.63) is 47.3 Å². The quantitative estimate of drug-likeness (QED) is 0.649. The Hall–Kier alpha value is -3.49. The maximum absolute atomic E-state index is 13.1. The highest BCUT2D eigenvalue weighted by molar-refractivity contribution is 6.15. The summed E-state index contributed by atoms with van der Waals surface area (Å²) in [6, 6.07) is 5.13. The summed E-state index contributed by atoms with van der Waals surface area (Å²) in [5.74, 6) is 1.66. The molecular weight excluding hydrogens is 432 g/mol. The van der Waals surface area contributed by atoms with Crippen molar-refractivity contribution in [2.24, 2.45) is 0 Å². The summed E-state index contributed by atoms with van der Waals surface area (Å²) in [7, 11) is 1.46. The smallest absolute Gasteiger partial charge is 0.333 e. The van der Waals surface area contributed by atoms with Crippen molar-refractivity contribution in [3.63, 3.8) is 0 Å². The van der Waals surface area contributed by atoms with Crippen LogP contribution in [0, 0.1) is 6.92 Å². The topological polar surface area (TPSA) is 90.0 Å². The minimum absolute atomic E-state index is 0.0901. The van der Waals surface area contributed by atoms with E-state index in [1.54, 1.807) is 26.0 Å². The molecule has 34 heavy (non-hydrogen) atoms. The van der Waals surface area contributed by atoms with Gasteiger partial charge in [-0.15, -0.1) is 0 Å². The van der Waals surface area contributed by atoms with E-state index in [2.05, 4.69) is 22.9 Å². The summed E-state index contributed by atoms with van der Waals surface area (Å²) < 4.78 is 0. The third kappa shape index (κ3) is 3.69. The van der Waals surface area contributed by atoms with Gasteiger partial charge in [0.05, 0.1) is 5.56 Å². The Morgan fingerprint density at radius 1 is 1.03 bits per heavy atom. The largest absolute Gasteiger partial charge is 0.353 e. The van der Waals surface area contributed by atoms with Gasteiger partial charge in [-0.05, 0) is 62.8 Å². The number of carbonyl (C=O) groups excluding carboxylic acids is 3. The average Bonchev–Trinajstić information content (AvgIpc) is 3.66. The molecule has 1 aliphatic carbocycles. The first-order chi connectivity index (χ1) is 16.2. The van der Waals surface area contributed by atoms with Crippen LogP contribution in [0.25, 0.3) is 0 Å². The molecule has 0 atom stereocenters.